The van der Waals surface area contributed by atoms with Crippen molar-refractivity contribution < 1.29 is 4.39 Å². The van der Waals surface area contributed by atoms with E-state index in [4.69, 9.17) is 0 Å². The molecule has 1 nitrogen and oxygen atoms in total. The van der Waals surface area contributed by atoms with Crippen molar-refractivity contribution in [2.45, 2.75) is 19.4 Å². The molecule has 2 aromatic rings. The van der Waals surface area contributed by atoms with Gasteiger partial charge in [0.15, 0.2) is 0 Å². The van der Waals surface area contributed by atoms with E-state index in [-0.39, 0.29) is 11.9 Å². The van der Waals surface area contributed by atoms with Crippen LogP contribution in [-0.2, 0) is 6.42 Å². The first-order chi connectivity index (χ1) is 9.61. The molecule has 0 saturated carbocycles. The lowest BCUT2D eigenvalue weighted by Crippen LogP contribution is -2.24. The zero-order chi connectivity index (χ0) is 14.5. The van der Waals surface area contributed by atoms with Gasteiger partial charge in [0.1, 0.15) is 5.82 Å². The van der Waals surface area contributed by atoms with Crippen molar-refractivity contribution in [3.05, 3.63) is 67.5 Å². The van der Waals surface area contributed by atoms with Crippen LogP contribution in [0.2, 0.25) is 0 Å². The zero-order valence-electron chi connectivity index (χ0n) is 11.2. The second-order valence-electron chi connectivity index (χ2n) is 4.57. The van der Waals surface area contributed by atoms with Crippen molar-refractivity contribution >= 4 is 38.5 Å². The van der Waals surface area contributed by atoms with Crippen molar-refractivity contribution in [3.63, 3.8) is 0 Å². The van der Waals surface area contributed by atoms with Gasteiger partial charge in [-0.05, 0) is 64.9 Å². The maximum atomic E-state index is 13.2. The summed E-state index contributed by atoms with van der Waals surface area (Å²) in [6, 6.07) is 13.5. The van der Waals surface area contributed by atoms with E-state index in [1.807, 2.05) is 12.1 Å². The molecule has 0 aromatic heterocycles. The minimum absolute atomic E-state index is 0.213. The highest BCUT2D eigenvalue weighted by Crippen LogP contribution is 2.27. The third-order valence-electron chi connectivity index (χ3n) is 3.17. The van der Waals surface area contributed by atoms with Crippen LogP contribution in [-0.4, -0.2) is 6.54 Å². The second-order valence-corrected chi connectivity index (χ2v) is 6.59. The molecule has 0 radical (unpaired) electrons. The van der Waals surface area contributed by atoms with E-state index in [2.05, 4.69) is 69.0 Å². The molecule has 2 rings (SSSR count). The molecular formula is C16H16BrFIN. The first kappa shape index (κ1) is 15.9. The Labute approximate surface area is 141 Å². The van der Waals surface area contributed by atoms with Crippen LogP contribution in [0, 0.1) is 9.39 Å². The Bertz CT molecular complexity index is 588. The molecule has 20 heavy (non-hydrogen) atoms. The van der Waals surface area contributed by atoms with Gasteiger partial charge in [0.25, 0.3) is 0 Å². The number of benzene rings is 2. The summed E-state index contributed by atoms with van der Waals surface area (Å²) in [5.74, 6) is -0.213. The molecule has 4 heteroatoms. The van der Waals surface area contributed by atoms with Crippen molar-refractivity contribution in [2.75, 3.05) is 6.54 Å². The van der Waals surface area contributed by atoms with Gasteiger partial charge in [-0.2, -0.15) is 0 Å². The van der Waals surface area contributed by atoms with E-state index < -0.39 is 0 Å². The number of hydrogen-bond acceptors (Lipinski definition) is 1. The fourth-order valence-corrected chi connectivity index (χ4v) is 3.48. The van der Waals surface area contributed by atoms with E-state index in [0.717, 1.165) is 23.0 Å². The van der Waals surface area contributed by atoms with Crippen molar-refractivity contribution in [1.82, 2.24) is 5.32 Å². The number of nitrogens with one attached hydrogen (secondary N) is 1. The number of hydrogen-bond donors (Lipinski definition) is 1. The van der Waals surface area contributed by atoms with Crippen LogP contribution in [0.3, 0.4) is 0 Å². The van der Waals surface area contributed by atoms with Gasteiger partial charge in [0.2, 0.25) is 0 Å². The van der Waals surface area contributed by atoms with Crippen LogP contribution >= 0.6 is 38.5 Å². The predicted octanol–water partition coefficient (Wildman–Crippen LogP) is 5.09. The fourth-order valence-electron chi connectivity index (χ4n) is 2.20. The Morgan fingerprint density at radius 2 is 2.00 bits per heavy atom. The third kappa shape index (κ3) is 4.02. The molecule has 1 atom stereocenters. The molecule has 106 valence electrons. The van der Waals surface area contributed by atoms with Gasteiger partial charge in [-0.1, -0.05) is 47.1 Å². The summed E-state index contributed by atoms with van der Waals surface area (Å²) in [4.78, 5) is 0. The molecule has 0 amide bonds. The van der Waals surface area contributed by atoms with Gasteiger partial charge in [-0.25, -0.2) is 4.39 Å². The zero-order valence-corrected chi connectivity index (χ0v) is 14.9. The van der Waals surface area contributed by atoms with Crippen LogP contribution in [0.4, 0.5) is 4.39 Å². The van der Waals surface area contributed by atoms with Crippen LogP contribution in [0.5, 0.6) is 0 Å². The smallest absolute Gasteiger partial charge is 0.124 e. The average Bonchev–Trinajstić information content (AvgIpc) is 2.42. The molecular weight excluding hydrogens is 432 g/mol. The molecule has 0 saturated heterocycles. The number of halogens is 3. The minimum atomic E-state index is -0.213. The van der Waals surface area contributed by atoms with Gasteiger partial charge in [0, 0.05) is 14.1 Å². The quantitative estimate of drug-likeness (QED) is 0.629. The lowest BCUT2D eigenvalue weighted by atomic mass is 9.99. The highest BCUT2D eigenvalue weighted by Gasteiger charge is 2.15. The molecule has 0 aliphatic rings. The van der Waals surface area contributed by atoms with Crippen LogP contribution < -0.4 is 5.32 Å². The Hall–Kier alpha value is -0.460. The van der Waals surface area contributed by atoms with Crippen molar-refractivity contribution in [3.8, 4) is 0 Å². The minimum Gasteiger partial charge on any atom is -0.310 e. The van der Waals surface area contributed by atoms with E-state index >= 15 is 0 Å². The molecule has 1 unspecified atom stereocenters. The van der Waals surface area contributed by atoms with Crippen LogP contribution in [0.15, 0.2) is 46.9 Å². The summed E-state index contributed by atoms with van der Waals surface area (Å²) in [5, 5.41) is 3.51. The van der Waals surface area contributed by atoms with E-state index in [9.17, 15) is 4.39 Å². The van der Waals surface area contributed by atoms with Crippen molar-refractivity contribution in [1.29, 1.82) is 0 Å². The number of rotatable bonds is 5. The molecule has 0 spiro atoms. The average molecular weight is 448 g/mol. The molecule has 0 fully saturated rings. The normalized spacial score (nSPS) is 12.4. The highest BCUT2D eigenvalue weighted by molar-refractivity contribution is 14.1. The fraction of sp³-hybridized carbons (Fsp3) is 0.250. The lowest BCUT2D eigenvalue weighted by Gasteiger charge is -2.20. The molecule has 0 aliphatic heterocycles. The maximum Gasteiger partial charge on any atom is 0.124 e. The van der Waals surface area contributed by atoms with Gasteiger partial charge in [-0.15, -0.1) is 0 Å². The summed E-state index contributed by atoms with van der Waals surface area (Å²) < 4.78 is 15.2. The Balaban J connectivity index is 2.28. The van der Waals surface area contributed by atoms with E-state index in [0.29, 0.717) is 0 Å². The van der Waals surface area contributed by atoms with Crippen molar-refractivity contribution in [2.24, 2.45) is 0 Å². The Morgan fingerprint density at radius 3 is 2.65 bits per heavy atom. The first-order valence-electron chi connectivity index (χ1n) is 6.53. The number of likely N-dealkylation sites (N-methyl/N-ethyl adjacent to an activating group) is 1. The van der Waals surface area contributed by atoms with E-state index in [1.165, 1.54) is 21.3 Å². The predicted molar refractivity (Wildman–Crippen MR) is 93.4 cm³/mol. The third-order valence-corrected chi connectivity index (χ3v) is 4.89. The monoisotopic (exact) mass is 447 g/mol. The Kier molecular flexibility index (Phi) is 5.99. The molecule has 1 N–H and O–H groups in total. The largest absolute Gasteiger partial charge is 0.310 e. The van der Waals surface area contributed by atoms with Crippen LogP contribution in [0.1, 0.15) is 24.1 Å². The lowest BCUT2D eigenvalue weighted by molar-refractivity contribution is 0.545. The van der Waals surface area contributed by atoms with Gasteiger partial charge in [0.05, 0.1) is 0 Å². The topological polar surface area (TPSA) is 12.0 Å². The van der Waals surface area contributed by atoms with Gasteiger partial charge < -0.3 is 5.32 Å². The molecule has 0 heterocycles. The van der Waals surface area contributed by atoms with Gasteiger partial charge in [-0.3, -0.25) is 0 Å². The summed E-state index contributed by atoms with van der Waals surface area (Å²) in [6.45, 7) is 3.00. The van der Waals surface area contributed by atoms with Gasteiger partial charge >= 0.3 is 0 Å². The maximum absolute atomic E-state index is 13.2. The molecule has 2 aromatic carbocycles. The summed E-state index contributed by atoms with van der Waals surface area (Å²) in [7, 11) is 0. The Morgan fingerprint density at radius 1 is 1.25 bits per heavy atom. The first-order valence-corrected chi connectivity index (χ1v) is 8.40. The molecule has 0 aliphatic carbocycles. The summed E-state index contributed by atoms with van der Waals surface area (Å²) >= 11 is 5.81. The highest BCUT2D eigenvalue weighted by atomic mass is 127. The summed E-state index contributed by atoms with van der Waals surface area (Å²) in [5.41, 5.74) is 2.39. The van der Waals surface area contributed by atoms with E-state index in [1.54, 1.807) is 0 Å². The summed E-state index contributed by atoms with van der Waals surface area (Å²) in [6.07, 6.45) is 0.828. The second kappa shape index (κ2) is 7.52. The standard InChI is InChI=1S/C16H16BrFIN/c1-2-20-16(13-5-3-4-6-15(13)19)9-11-7-8-12(18)10-14(11)17/h3-8,10,16,20H,2,9H2,1H3. The van der Waals surface area contributed by atoms with Crippen LogP contribution in [0.25, 0.3) is 0 Å². The molecule has 0 bridgehead atoms. The SMILES string of the molecule is CCNC(Cc1ccc(F)cc1Br)c1ccccc1I.